The Bertz CT molecular complexity index is 929. The zero-order valence-electron chi connectivity index (χ0n) is 14.1. The normalized spacial score (nSPS) is 11.4. The lowest BCUT2D eigenvalue weighted by molar-refractivity contribution is 0.0521. The summed E-state index contributed by atoms with van der Waals surface area (Å²) in [6.07, 6.45) is 0. The molecule has 0 saturated heterocycles. The molecule has 0 aliphatic heterocycles. The minimum atomic E-state index is -1.25. The van der Waals surface area contributed by atoms with Crippen LogP contribution in [0.2, 0.25) is 0 Å². The first kappa shape index (κ1) is 16.2. The molecule has 0 radical (unpaired) electrons. The van der Waals surface area contributed by atoms with E-state index in [0.29, 0.717) is 5.82 Å². The zero-order chi connectivity index (χ0) is 17.8. The highest BCUT2D eigenvalue weighted by Gasteiger charge is 2.33. The molecule has 128 valence electrons. The smallest absolute Gasteiger partial charge is 0.204 e. The van der Waals surface area contributed by atoms with Crippen molar-refractivity contribution < 1.29 is 5.11 Å². The van der Waals surface area contributed by atoms with Crippen LogP contribution in [0.3, 0.4) is 0 Å². The lowest BCUT2D eigenvalue weighted by Crippen LogP contribution is -2.33. The van der Waals surface area contributed by atoms with E-state index in [9.17, 15) is 5.11 Å². The third kappa shape index (κ3) is 3.12. The summed E-state index contributed by atoms with van der Waals surface area (Å²) >= 11 is 0. The van der Waals surface area contributed by atoms with Crippen LogP contribution in [0.1, 0.15) is 11.1 Å². The molecule has 0 bridgehead atoms. The molecule has 0 amide bonds. The van der Waals surface area contributed by atoms with E-state index in [-0.39, 0.29) is 6.54 Å². The largest absolute Gasteiger partial charge is 0.378 e. The second kappa shape index (κ2) is 6.90. The summed E-state index contributed by atoms with van der Waals surface area (Å²) in [6.45, 7) is 0.168. The van der Waals surface area contributed by atoms with E-state index < -0.39 is 5.60 Å². The first-order valence-corrected chi connectivity index (χ1v) is 8.42. The Morgan fingerprint density at radius 3 is 1.77 bits per heavy atom. The van der Waals surface area contributed by atoms with Gasteiger partial charge in [-0.1, -0.05) is 91.0 Å². The molecule has 4 rings (SSSR count). The van der Waals surface area contributed by atoms with Crippen LogP contribution in [-0.2, 0) is 12.1 Å². The van der Waals surface area contributed by atoms with E-state index >= 15 is 0 Å². The fourth-order valence-corrected chi connectivity index (χ4v) is 2.99. The summed E-state index contributed by atoms with van der Waals surface area (Å²) in [5.74, 6) is 0.536. The number of tetrazole rings is 1. The quantitative estimate of drug-likeness (QED) is 0.604. The summed E-state index contributed by atoms with van der Waals surface area (Å²) in [5, 5.41) is 24.3. The number of aliphatic hydroxyl groups is 1. The van der Waals surface area contributed by atoms with Gasteiger partial charge in [0.1, 0.15) is 5.60 Å². The Hall–Kier alpha value is -3.31. The maximum absolute atomic E-state index is 11.6. The third-order valence-corrected chi connectivity index (χ3v) is 4.36. The second-order valence-corrected chi connectivity index (χ2v) is 6.10. The molecular formula is C21H18N4O. The van der Waals surface area contributed by atoms with Crippen LogP contribution in [-0.4, -0.2) is 25.3 Å². The van der Waals surface area contributed by atoms with Crippen LogP contribution in [0.4, 0.5) is 0 Å². The van der Waals surface area contributed by atoms with Crippen LogP contribution in [0.15, 0.2) is 91.0 Å². The van der Waals surface area contributed by atoms with Gasteiger partial charge in [-0.2, -0.15) is 4.80 Å². The zero-order valence-corrected chi connectivity index (χ0v) is 14.1. The summed E-state index contributed by atoms with van der Waals surface area (Å²) < 4.78 is 0. The molecule has 0 aliphatic carbocycles. The van der Waals surface area contributed by atoms with Gasteiger partial charge in [0.2, 0.25) is 5.82 Å². The summed E-state index contributed by atoms with van der Waals surface area (Å²) in [5.41, 5.74) is 1.20. The number of nitrogens with zero attached hydrogens (tertiary/aromatic N) is 4. The van der Waals surface area contributed by atoms with Crippen molar-refractivity contribution in [1.29, 1.82) is 0 Å². The average molecular weight is 342 g/mol. The monoisotopic (exact) mass is 342 g/mol. The number of hydrogen-bond acceptors (Lipinski definition) is 4. The van der Waals surface area contributed by atoms with Gasteiger partial charge in [-0.3, -0.25) is 0 Å². The van der Waals surface area contributed by atoms with Crippen molar-refractivity contribution in [2.75, 3.05) is 0 Å². The molecule has 0 fully saturated rings. The van der Waals surface area contributed by atoms with E-state index in [1.807, 2.05) is 91.0 Å². The van der Waals surface area contributed by atoms with E-state index in [1.54, 1.807) is 0 Å². The van der Waals surface area contributed by atoms with Crippen molar-refractivity contribution >= 4 is 0 Å². The van der Waals surface area contributed by atoms with Gasteiger partial charge < -0.3 is 5.11 Å². The lowest BCUT2D eigenvalue weighted by Gasteiger charge is -2.28. The van der Waals surface area contributed by atoms with Gasteiger partial charge in [-0.15, -0.1) is 10.2 Å². The first-order valence-electron chi connectivity index (χ1n) is 8.42. The molecule has 0 saturated carbocycles. The highest BCUT2D eigenvalue weighted by Crippen LogP contribution is 2.31. The molecule has 0 aliphatic rings. The molecule has 26 heavy (non-hydrogen) atoms. The molecule has 0 unspecified atom stereocenters. The van der Waals surface area contributed by atoms with Crippen LogP contribution in [0.5, 0.6) is 0 Å². The van der Waals surface area contributed by atoms with Crippen molar-refractivity contribution in [2.45, 2.75) is 12.1 Å². The Labute approximate surface area is 151 Å². The molecule has 5 nitrogen and oxygen atoms in total. The Morgan fingerprint density at radius 1 is 0.731 bits per heavy atom. The molecule has 5 heteroatoms. The van der Waals surface area contributed by atoms with E-state index in [2.05, 4.69) is 15.4 Å². The second-order valence-electron chi connectivity index (χ2n) is 6.10. The highest BCUT2D eigenvalue weighted by molar-refractivity contribution is 5.53. The van der Waals surface area contributed by atoms with Crippen LogP contribution >= 0.6 is 0 Å². The summed E-state index contributed by atoms with van der Waals surface area (Å²) in [4.78, 5) is 1.45. The van der Waals surface area contributed by atoms with Crippen molar-refractivity contribution in [2.24, 2.45) is 0 Å². The minimum Gasteiger partial charge on any atom is -0.378 e. The van der Waals surface area contributed by atoms with Crippen molar-refractivity contribution in [3.63, 3.8) is 0 Å². The highest BCUT2D eigenvalue weighted by atomic mass is 16.3. The summed E-state index contributed by atoms with van der Waals surface area (Å²) in [6, 6.07) is 28.8. The van der Waals surface area contributed by atoms with Gasteiger partial charge in [-0.05, 0) is 16.3 Å². The fraction of sp³-hybridized carbons (Fsp3) is 0.0952. The summed E-state index contributed by atoms with van der Waals surface area (Å²) in [7, 11) is 0. The topological polar surface area (TPSA) is 63.8 Å². The van der Waals surface area contributed by atoms with Crippen LogP contribution < -0.4 is 0 Å². The van der Waals surface area contributed by atoms with Gasteiger partial charge in [0.15, 0.2) is 0 Å². The van der Waals surface area contributed by atoms with Gasteiger partial charge in [0, 0.05) is 5.56 Å². The van der Waals surface area contributed by atoms with E-state index in [1.165, 1.54) is 4.80 Å². The Balaban J connectivity index is 1.72. The molecule has 1 heterocycles. The molecule has 4 aromatic rings. The van der Waals surface area contributed by atoms with Crippen molar-refractivity contribution in [1.82, 2.24) is 20.2 Å². The molecule has 1 N–H and O–H groups in total. The molecule has 3 aromatic carbocycles. The van der Waals surface area contributed by atoms with E-state index in [4.69, 9.17) is 0 Å². The van der Waals surface area contributed by atoms with Crippen LogP contribution in [0, 0.1) is 0 Å². The van der Waals surface area contributed by atoms with Crippen molar-refractivity contribution in [3.05, 3.63) is 102 Å². The molecule has 0 atom stereocenters. The predicted molar refractivity (Wildman–Crippen MR) is 99.1 cm³/mol. The van der Waals surface area contributed by atoms with Crippen molar-refractivity contribution in [3.8, 4) is 11.4 Å². The lowest BCUT2D eigenvalue weighted by atomic mass is 9.86. The minimum absolute atomic E-state index is 0.168. The third-order valence-electron chi connectivity index (χ3n) is 4.36. The molecular weight excluding hydrogens is 324 g/mol. The fourth-order valence-electron chi connectivity index (χ4n) is 2.99. The Morgan fingerprint density at radius 2 is 1.23 bits per heavy atom. The van der Waals surface area contributed by atoms with Gasteiger partial charge >= 0.3 is 0 Å². The predicted octanol–water partition coefficient (Wildman–Crippen LogP) is 3.28. The molecule has 1 aromatic heterocycles. The van der Waals surface area contributed by atoms with Gasteiger partial charge in [0.05, 0.1) is 6.54 Å². The maximum Gasteiger partial charge on any atom is 0.204 e. The molecule has 0 spiro atoms. The van der Waals surface area contributed by atoms with Crippen LogP contribution in [0.25, 0.3) is 11.4 Å². The van der Waals surface area contributed by atoms with E-state index in [0.717, 1.165) is 16.7 Å². The Kier molecular flexibility index (Phi) is 4.29. The first-order chi connectivity index (χ1) is 12.8. The SMILES string of the molecule is OC(Cn1nnc(-c2ccccc2)n1)(c1ccccc1)c1ccccc1. The van der Waals surface area contributed by atoms with Gasteiger partial charge in [0.25, 0.3) is 0 Å². The standard InChI is InChI=1S/C21H18N4O/c26-21(18-12-6-2-7-13-18,19-14-8-3-9-15-19)16-25-23-20(22-24-25)17-10-4-1-5-11-17/h1-15,26H,16H2. The number of rotatable bonds is 5. The maximum atomic E-state index is 11.6. The number of benzene rings is 3. The number of hydrogen-bond donors (Lipinski definition) is 1. The number of aromatic nitrogens is 4. The average Bonchev–Trinajstić information content (AvgIpc) is 3.18. The van der Waals surface area contributed by atoms with Gasteiger partial charge in [-0.25, -0.2) is 0 Å².